The number of piperidine rings is 1. The molecule has 1 aromatic rings. The Morgan fingerprint density at radius 2 is 2.00 bits per heavy atom. The smallest absolute Gasteiger partial charge is 0.409 e. The van der Waals surface area contributed by atoms with Gasteiger partial charge in [-0.05, 0) is 44.4 Å². The van der Waals surface area contributed by atoms with Crippen LogP contribution in [-0.2, 0) is 4.74 Å². The summed E-state index contributed by atoms with van der Waals surface area (Å²) in [5, 5.41) is 5.88. The average molecular weight is 320 g/mol. The molecule has 7 nitrogen and oxygen atoms in total. The molecule has 1 aliphatic heterocycles. The van der Waals surface area contributed by atoms with Crippen LogP contribution in [0.15, 0.2) is 24.5 Å². The summed E-state index contributed by atoms with van der Waals surface area (Å²) in [6, 6.07) is 3.55. The normalized spacial score (nSPS) is 16.5. The number of amides is 3. The highest BCUT2D eigenvalue weighted by molar-refractivity contribution is 5.74. The second kappa shape index (κ2) is 8.36. The lowest BCUT2D eigenvalue weighted by Crippen LogP contribution is -2.49. The molecule has 1 aliphatic rings. The van der Waals surface area contributed by atoms with E-state index in [2.05, 4.69) is 15.6 Å². The Labute approximate surface area is 136 Å². The van der Waals surface area contributed by atoms with Gasteiger partial charge in [-0.1, -0.05) is 0 Å². The number of carbonyl (C=O) groups excluding carboxylic acids is 2. The molecule has 126 valence electrons. The van der Waals surface area contributed by atoms with Crippen molar-refractivity contribution in [3.05, 3.63) is 30.1 Å². The Bertz CT molecular complexity index is 515. The van der Waals surface area contributed by atoms with Crippen LogP contribution in [0, 0.1) is 0 Å². The van der Waals surface area contributed by atoms with Crippen molar-refractivity contribution in [2.24, 2.45) is 0 Å². The summed E-state index contributed by atoms with van der Waals surface area (Å²) in [4.78, 5) is 29.3. The minimum absolute atomic E-state index is 0.0744. The zero-order chi connectivity index (χ0) is 16.7. The number of nitrogens with one attached hydrogen (secondary N) is 2. The van der Waals surface area contributed by atoms with Crippen LogP contribution >= 0.6 is 0 Å². The molecule has 1 saturated heterocycles. The van der Waals surface area contributed by atoms with Gasteiger partial charge in [0.25, 0.3) is 0 Å². The third-order valence-electron chi connectivity index (χ3n) is 3.91. The van der Waals surface area contributed by atoms with Gasteiger partial charge in [0.15, 0.2) is 0 Å². The second-order valence-electron chi connectivity index (χ2n) is 5.58. The van der Waals surface area contributed by atoms with Gasteiger partial charge in [-0.25, -0.2) is 9.59 Å². The number of rotatable bonds is 4. The minimum atomic E-state index is -0.276. The van der Waals surface area contributed by atoms with E-state index in [1.807, 2.05) is 19.1 Å². The standard InChI is InChI=1S/C16H24N4O3/c1-3-23-16(22)20-10-6-14(7-11-20)19-15(21)18-12(2)13-4-8-17-9-5-13/h4-5,8-9,12,14H,3,6-7,10-11H2,1-2H3,(H2,18,19,21). The summed E-state index contributed by atoms with van der Waals surface area (Å²) in [6.45, 7) is 5.30. The van der Waals surface area contributed by atoms with Crippen molar-refractivity contribution in [1.82, 2.24) is 20.5 Å². The van der Waals surface area contributed by atoms with E-state index in [0.717, 1.165) is 18.4 Å². The van der Waals surface area contributed by atoms with Crippen molar-refractivity contribution < 1.29 is 14.3 Å². The number of ether oxygens (including phenoxy) is 1. The molecule has 2 rings (SSSR count). The minimum Gasteiger partial charge on any atom is -0.450 e. The molecule has 2 N–H and O–H groups in total. The van der Waals surface area contributed by atoms with Gasteiger partial charge in [0.2, 0.25) is 0 Å². The highest BCUT2D eigenvalue weighted by Crippen LogP contribution is 2.13. The van der Waals surface area contributed by atoms with Gasteiger partial charge >= 0.3 is 12.1 Å². The van der Waals surface area contributed by atoms with E-state index in [-0.39, 0.29) is 24.2 Å². The van der Waals surface area contributed by atoms with Crippen LogP contribution in [0.2, 0.25) is 0 Å². The number of hydrogen-bond donors (Lipinski definition) is 2. The van der Waals surface area contributed by atoms with Gasteiger partial charge in [-0.2, -0.15) is 0 Å². The van der Waals surface area contributed by atoms with Crippen molar-refractivity contribution in [3.63, 3.8) is 0 Å². The Balaban J connectivity index is 1.73. The Kier molecular flexibility index (Phi) is 6.19. The Morgan fingerprint density at radius 1 is 1.35 bits per heavy atom. The summed E-state index contributed by atoms with van der Waals surface area (Å²) in [5.74, 6) is 0. The largest absolute Gasteiger partial charge is 0.450 e. The molecule has 1 aromatic heterocycles. The highest BCUT2D eigenvalue weighted by atomic mass is 16.6. The summed E-state index contributed by atoms with van der Waals surface area (Å²) < 4.78 is 4.98. The van der Waals surface area contributed by atoms with E-state index in [1.54, 1.807) is 24.2 Å². The van der Waals surface area contributed by atoms with Crippen LogP contribution in [0.4, 0.5) is 9.59 Å². The van der Waals surface area contributed by atoms with Crippen LogP contribution in [0.3, 0.4) is 0 Å². The summed E-state index contributed by atoms with van der Waals surface area (Å²) in [5.41, 5.74) is 1.01. The van der Waals surface area contributed by atoms with Crippen molar-refractivity contribution >= 4 is 12.1 Å². The first-order valence-corrected chi connectivity index (χ1v) is 7.98. The summed E-state index contributed by atoms with van der Waals surface area (Å²) in [7, 11) is 0. The molecule has 7 heteroatoms. The zero-order valence-corrected chi connectivity index (χ0v) is 13.6. The predicted octanol–water partition coefficient (Wildman–Crippen LogP) is 2.06. The van der Waals surface area contributed by atoms with Crippen molar-refractivity contribution in [1.29, 1.82) is 0 Å². The molecule has 3 amide bonds. The van der Waals surface area contributed by atoms with E-state index >= 15 is 0 Å². The van der Waals surface area contributed by atoms with E-state index in [1.165, 1.54) is 0 Å². The quantitative estimate of drug-likeness (QED) is 0.889. The SMILES string of the molecule is CCOC(=O)N1CCC(NC(=O)NC(C)c2ccncc2)CC1. The lowest BCUT2D eigenvalue weighted by atomic mass is 10.1. The number of likely N-dealkylation sites (tertiary alicyclic amines) is 1. The third-order valence-corrected chi connectivity index (χ3v) is 3.91. The summed E-state index contributed by atoms with van der Waals surface area (Å²) in [6.07, 6.45) is 4.60. The number of nitrogens with zero attached hydrogens (tertiary/aromatic N) is 2. The van der Waals surface area contributed by atoms with Gasteiger partial charge in [0.1, 0.15) is 0 Å². The molecule has 1 atom stereocenters. The molecule has 0 saturated carbocycles. The molecule has 0 spiro atoms. The van der Waals surface area contributed by atoms with E-state index in [0.29, 0.717) is 19.7 Å². The molecule has 0 aliphatic carbocycles. The van der Waals surface area contributed by atoms with Gasteiger partial charge in [-0.15, -0.1) is 0 Å². The lowest BCUT2D eigenvalue weighted by molar-refractivity contribution is 0.0957. The number of pyridine rings is 1. The molecule has 1 fully saturated rings. The first-order chi connectivity index (χ1) is 11.1. The third kappa shape index (κ3) is 5.12. The summed E-state index contributed by atoms with van der Waals surface area (Å²) >= 11 is 0. The van der Waals surface area contributed by atoms with Crippen LogP contribution in [0.5, 0.6) is 0 Å². The Morgan fingerprint density at radius 3 is 2.61 bits per heavy atom. The van der Waals surface area contributed by atoms with E-state index < -0.39 is 0 Å². The first kappa shape index (κ1) is 17.1. The van der Waals surface area contributed by atoms with Crippen molar-refractivity contribution in [3.8, 4) is 0 Å². The number of aromatic nitrogens is 1. The monoisotopic (exact) mass is 320 g/mol. The fourth-order valence-corrected chi connectivity index (χ4v) is 2.58. The maximum Gasteiger partial charge on any atom is 0.409 e. The molecule has 0 radical (unpaired) electrons. The number of hydrogen-bond acceptors (Lipinski definition) is 4. The second-order valence-corrected chi connectivity index (χ2v) is 5.58. The molecule has 23 heavy (non-hydrogen) atoms. The maximum atomic E-state index is 12.1. The number of urea groups is 1. The topological polar surface area (TPSA) is 83.6 Å². The Hall–Kier alpha value is -2.31. The van der Waals surface area contributed by atoms with Crippen LogP contribution in [0.25, 0.3) is 0 Å². The predicted molar refractivity (Wildman–Crippen MR) is 85.9 cm³/mol. The molecular formula is C16H24N4O3. The fourth-order valence-electron chi connectivity index (χ4n) is 2.58. The lowest BCUT2D eigenvalue weighted by Gasteiger charge is -2.31. The molecular weight excluding hydrogens is 296 g/mol. The molecule has 0 aromatic carbocycles. The van der Waals surface area contributed by atoms with E-state index in [4.69, 9.17) is 4.74 Å². The van der Waals surface area contributed by atoms with Gasteiger partial charge in [0, 0.05) is 31.5 Å². The van der Waals surface area contributed by atoms with Crippen molar-refractivity contribution in [2.75, 3.05) is 19.7 Å². The maximum absolute atomic E-state index is 12.1. The van der Waals surface area contributed by atoms with Gasteiger partial charge in [0.05, 0.1) is 12.6 Å². The number of carbonyl (C=O) groups is 2. The van der Waals surface area contributed by atoms with Crippen LogP contribution in [-0.4, -0.2) is 47.7 Å². The molecule has 2 heterocycles. The zero-order valence-electron chi connectivity index (χ0n) is 13.6. The first-order valence-electron chi connectivity index (χ1n) is 7.98. The molecule has 1 unspecified atom stereocenters. The van der Waals surface area contributed by atoms with Crippen LogP contribution < -0.4 is 10.6 Å². The van der Waals surface area contributed by atoms with Gasteiger partial charge in [-0.3, -0.25) is 4.98 Å². The average Bonchev–Trinajstić information content (AvgIpc) is 2.56. The van der Waals surface area contributed by atoms with Crippen molar-refractivity contribution in [2.45, 2.75) is 38.8 Å². The molecule has 0 bridgehead atoms. The van der Waals surface area contributed by atoms with Crippen LogP contribution in [0.1, 0.15) is 38.3 Å². The fraction of sp³-hybridized carbons (Fsp3) is 0.562. The van der Waals surface area contributed by atoms with E-state index in [9.17, 15) is 9.59 Å². The van der Waals surface area contributed by atoms with Gasteiger partial charge < -0.3 is 20.3 Å². The highest BCUT2D eigenvalue weighted by Gasteiger charge is 2.24.